The fourth-order valence-corrected chi connectivity index (χ4v) is 1.70. The summed E-state index contributed by atoms with van der Waals surface area (Å²) in [6.45, 7) is 0. The van der Waals surface area contributed by atoms with Crippen LogP contribution in [0.15, 0.2) is 41.3 Å². The molecule has 2 aromatic rings. The lowest BCUT2D eigenvalue weighted by Crippen LogP contribution is -2.26. The number of aromatic nitrogens is 2. The number of carbonyl (C=O) groups is 1. The van der Waals surface area contributed by atoms with Crippen LogP contribution in [0.2, 0.25) is 0 Å². The number of rotatable bonds is 2. The predicted octanol–water partition coefficient (Wildman–Crippen LogP) is 2.45. The van der Waals surface area contributed by atoms with Crippen LogP contribution in [0.25, 0.3) is 0 Å². The first kappa shape index (κ1) is 10.9. The maximum absolute atomic E-state index is 12.0. The third-order valence-electron chi connectivity index (χ3n) is 2.23. The third kappa shape index (κ3) is 2.14. The monoisotopic (exact) mass is 279 g/mol. The van der Waals surface area contributed by atoms with E-state index in [0.717, 1.165) is 10.2 Å². The van der Waals surface area contributed by atoms with Crippen LogP contribution in [0.3, 0.4) is 0 Å². The molecule has 0 radical (unpaired) electrons. The summed E-state index contributed by atoms with van der Waals surface area (Å²) in [6.07, 6.45) is 5.04. The first-order valence-electron chi connectivity index (χ1n) is 4.70. The Morgan fingerprint density at radius 2 is 2.12 bits per heavy atom. The molecule has 0 saturated heterocycles. The smallest absolute Gasteiger partial charge is 0.274 e. The Morgan fingerprint density at radius 1 is 1.44 bits per heavy atom. The van der Waals surface area contributed by atoms with Gasteiger partial charge in [0.15, 0.2) is 0 Å². The zero-order chi connectivity index (χ0) is 11.5. The Kier molecular flexibility index (Phi) is 3.05. The number of halogens is 1. The minimum Gasteiger partial charge on any atom is -0.356 e. The second kappa shape index (κ2) is 4.49. The molecule has 82 valence electrons. The van der Waals surface area contributed by atoms with Gasteiger partial charge in [0, 0.05) is 35.8 Å². The number of pyridine rings is 1. The average molecular weight is 280 g/mol. The van der Waals surface area contributed by atoms with Crippen LogP contribution in [-0.2, 0) is 0 Å². The van der Waals surface area contributed by atoms with Crippen molar-refractivity contribution >= 4 is 27.5 Å². The molecule has 2 heterocycles. The maximum atomic E-state index is 12.0. The first-order valence-corrected chi connectivity index (χ1v) is 5.50. The summed E-state index contributed by atoms with van der Waals surface area (Å²) in [5.41, 5.74) is 1.36. The highest BCUT2D eigenvalue weighted by Crippen LogP contribution is 2.16. The van der Waals surface area contributed by atoms with Gasteiger partial charge in [0.2, 0.25) is 0 Å². The molecule has 0 aliphatic carbocycles. The highest BCUT2D eigenvalue weighted by atomic mass is 79.9. The summed E-state index contributed by atoms with van der Waals surface area (Å²) in [7, 11) is 1.73. The van der Waals surface area contributed by atoms with E-state index in [4.69, 9.17) is 0 Å². The SMILES string of the molecule is CN(C(=O)c1cc(Br)c[nH]1)c1ccncc1. The fraction of sp³-hybridized carbons (Fsp3) is 0.0909. The second-order valence-corrected chi connectivity index (χ2v) is 4.22. The Hall–Kier alpha value is -1.62. The normalized spacial score (nSPS) is 10.1. The van der Waals surface area contributed by atoms with Gasteiger partial charge in [-0.25, -0.2) is 0 Å². The standard InChI is InChI=1S/C11H10BrN3O/c1-15(9-2-4-13-5-3-9)11(16)10-6-8(12)7-14-10/h2-7,14H,1H3. The van der Waals surface area contributed by atoms with E-state index in [0.29, 0.717) is 5.69 Å². The molecule has 2 aromatic heterocycles. The van der Waals surface area contributed by atoms with Crippen LogP contribution in [0.5, 0.6) is 0 Å². The van der Waals surface area contributed by atoms with Crippen molar-refractivity contribution in [3.8, 4) is 0 Å². The van der Waals surface area contributed by atoms with E-state index in [1.807, 2.05) is 0 Å². The minimum absolute atomic E-state index is 0.0862. The fourth-order valence-electron chi connectivity index (χ4n) is 1.36. The topological polar surface area (TPSA) is 49.0 Å². The van der Waals surface area contributed by atoms with E-state index in [9.17, 15) is 4.79 Å². The van der Waals surface area contributed by atoms with Crippen molar-refractivity contribution in [1.82, 2.24) is 9.97 Å². The number of nitrogens with one attached hydrogen (secondary N) is 1. The van der Waals surface area contributed by atoms with E-state index in [2.05, 4.69) is 25.9 Å². The van der Waals surface area contributed by atoms with Crippen molar-refractivity contribution in [2.75, 3.05) is 11.9 Å². The van der Waals surface area contributed by atoms with Crippen molar-refractivity contribution in [3.05, 3.63) is 47.0 Å². The van der Waals surface area contributed by atoms with Crippen LogP contribution >= 0.6 is 15.9 Å². The lowest BCUT2D eigenvalue weighted by atomic mass is 10.3. The van der Waals surface area contributed by atoms with E-state index >= 15 is 0 Å². The van der Waals surface area contributed by atoms with E-state index in [1.165, 1.54) is 0 Å². The van der Waals surface area contributed by atoms with Crippen LogP contribution in [0.4, 0.5) is 5.69 Å². The van der Waals surface area contributed by atoms with Crippen molar-refractivity contribution in [1.29, 1.82) is 0 Å². The van der Waals surface area contributed by atoms with Gasteiger partial charge in [-0.3, -0.25) is 9.78 Å². The van der Waals surface area contributed by atoms with Gasteiger partial charge in [0.05, 0.1) is 0 Å². The molecular weight excluding hydrogens is 270 g/mol. The molecule has 0 aliphatic rings. The summed E-state index contributed by atoms with van der Waals surface area (Å²) in [4.78, 5) is 20.4. The number of amides is 1. The van der Waals surface area contributed by atoms with Gasteiger partial charge in [-0.05, 0) is 34.1 Å². The molecule has 0 fully saturated rings. The van der Waals surface area contributed by atoms with Gasteiger partial charge in [0.1, 0.15) is 5.69 Å². The van der Waals surface area contributed by atoms with Crippen LogP contribution < -0.4 is 4.90 Å². The number of hydrogen-bond donors (Lipinski definition) is 1. The second-order valence-electron chi connectivity index (χ2n) is 3.30. The highest BCUT2D eigenvalue weighted by molar-refractivity contribution is 9.10. The Labute approximate surface area is 101 Å². The molecule has 0 atom stereocenters. The maximum Gasteiger partial charge on any atom is 0.274 e. The van der Waals surface area contributed by atoms with Gasteiger partial charge in [-0.1, -0.05) is 0 Å². The molecule has 0 saturated carbocycles. The molecule has 5 heteroatoms. The molecule has 0 bridgehead atoms. The number of hydrogen-bond acceptors (Lipinski definition) is 2. The van der Waals surface area contributed by atoms with E-state index in [-0.39, 0.29) is 5.91 Å². The van der Waals surface area contributed by atoms with Crippen LogP contribution in [0.1, 0.15) is 10.5 Å². The lowest BCUT2D eigenvalue weighted by Gasteiger charge is -2.15. The molecular formula is C11H10BrN3O. The summed E-state index contributed by atoms with van der Waals surface area (Å²) in [6, 6.07) is 5.33. The van der Waals surface area contributed by atoms with Crippen molar-refractivity contribution in [2.24, 2.45) is 0 Å². The molecule has 0 aliphatic heterocycles. The molecule has 0 unspecified atom stereocenters. The average Bonchev–Trinajstić information content (AvgIpc) is 2.75. The molecule has 1 N–H and O–H groups in total. The van der Waals surface area contributed by atoms with Crippen LogP contribution in [-0.4, -0.2) is 22.9 Å². The quantitative estimate of drug-likeness (QED) is 0.918. The predicted molar refractivity (Wildman–Crippen MR) is 65.5 cm³/mol. The number of nitrogens with zero attached hydrogens (tertiary/aromatic N) is 2. The summed E-state index contributed by atoms with van der Waals surface area (Å²) in [5.74, 6) is -0.0862. The summed E-state index contributed by atoms with van der Waals surface area (Å²) in [5, 5.41) is 0. The van der Waals surface area contributed by atoms with Gasteiger partial charge in [0.25, 0.3) is 5.91 Å². The summed E-state index contributed by atoms with van der Waals surface area (Å²) >= 11 is 3.29. The van der Waals surface area contributed by atoms with Gasteiger partial charge in [-0.15, -0.1) is 0 Å². The number of anilines is 1. The Morgan fingerprint density at radius 3 is 2.69 bits per heavy atom. The van der Waals surface area contributed by atoms with Crippen molar-refractivity contribution < 1.29 is 4.79 Å². The third-order valence-corrected chi connectivity index (χ3v) is 2.69. The lowest BCUT2D eigenvalue weighted by molar-refractivity contribution is 0.0989. The largest absolute Gasteiger partial charge is 0.356 e. The zero-order valence-corrected chi connectivity index (χ0v) is 10.2. The van der Waals surface area contributed by atoms with Crippen LogP contribution in [0, 0.1) is 0 Å². The van der Waals surface area contributed by atoms with Gasteiger partial charge in [-0.2, -0.15) is 0 Å². The Bertz CT molecular complexity index is 495. The molecule has 2 rings (SSSR count). The highest BCUT2D eigenvalue weighted by Gasteiger charge is 2.14. The number of carbonyl (C=O) groups excluding carboxylic acids is 1. The van der Waals surface area contributed by atoms with Gasteiger partial charge < -0.3 is 9.88 Å². The number of aromatic amines is 1. The molecule has 16 heavy (non-hydrogen) atoms. The van der Waals surface area contributed by atoms with E-state index < -0.39 is 0 Å². The minimum atomic E-state index is -0.0862. The zero-order valence-electron chi connectivity index (χ0n) is 8.64. The Balaban J connectivity index is 2.23. The summed E-state index contributed by atoms with van der Waals surface area (Å²) < 4.78 is 0.860. The van der Waals surface area contributed by atoms with Crippen molar-refractivity contribution in [3.63, 3.8) is 0 Å². The van der Waals surface area contributed by atoms with Gasteiger partial charge >= 0.3 is 0 Å². The molecule has 0 spiro atoms. The molecule has 1 amide bonds. The number of H-pyrrole nitrogens is 1. The first-order chi connectivity index (χ1) is 7.68. The van der Waals surface area contributed by atoms with Crippen molar-refractivity contribution in [2.45, 2.75) is 0 Å². The molecule has 0 aromatic carbocycles. The van der Waals surface area contributed by atoms with E-state index in [1.54, 1.807) is 48.7 Å². The molecule has 4 nitrogen and oxygen atoms in total.